The van der Waals surface area contributed by atoms with Gasteiger partial charge in [-0.3, -0.25) is 10.1 Å². The van der Waals surface area contributed by atoms with Crippen LogP contribution in [0.3, 0.4) is 0 Å². The second kappa shape index (κ2) is 7.58. The molecule has 1 saturated carbocycles. The summed E-state index contributed by atoms with van der Waals surface area (Å²) in [6.45, 7) is 1.70. The van der Waals surface area contributed by atoms with Crippen LogP contribution < -0.4 is 10.6 Å². The van der Waals surface area contributed by atoms with Crippen LogP contribution in [0.25, 0.3) is 10.6 Å². The molecule has 2 N–H and O–H groups in total. The van der Waals surface area contributed by atoms with E-state index in [0.717, 1.165) is 42.9 Å². The van der Waals surface area contributed by atoms with E-state index in [4.69, 9.17) is 11.6 Å². The van der Waals surface area contributed by atoms with Gasteiger partial charge in [0, 0.05) is 12.1 Å². The average molecular weight is 399 g/mol. The van der Waals surface area contributed by atoms with E-state index >= 15 is 0 Å². The molecule has 0 bridgehead atoms. The van der Waals surface area contributed by atoms with Gasteiger partial charge in [-0.05, 0) is 31.4 Å². The molecule has 8 heteroatoms. The Kier molecular flexibility index (Phi) is 5.63. The first-order chi connectivity index (χ1) is 11.7. The van der Waals surface area contributed by atoms with Gasteiger partial charge in [0.2, 0.25) is 11.0 Å². The topological polar surface area (TPSA) is 66.9 Å². The molecule has 1 amide bonds. The number of amides is 1. The molecule has 2 aliphatic rings. The number of rotatable bonds is 3. The molecule has 2 fully saturated rings. The summed E-state index contributed by atoms with van der Waals surface area (Å²) in [5, 5.41) is 16.6. The molecule has 1 saturated heterocycles. The lowest BCUT2D eigenvalue weighted by molar-refractivity contribution is -0.128. The lowest BCUT2D eigenvalue weighted by atomic mass is 9.68. The fraction of sp³-hybridized carbons (Fsp3) is 0.471. The number of benzene rings is 1. The standard InChI is InChI=1S/C17H19ClN4OS.ClH/c18-13-7-2-1-6-12(13)14-21-22-16(24-14)20-15(23)17-8-4-3-5-11(17)9-19-10-17;/h1-2,6-7,11,19H,3-5,8-10H2,(H,20,22,23);1H/t11-,17+;/m0./s1. The first kappa shape index (κ1) is 18.6. The number of aromatic nitrogens is 2. The zero-order valence-corrected chi connectivity index (χ0v) is 16.0. The Bertz CT molecular complexity index is 769. The van der Waals surface area contributed by atoms with Crippen LogP contribution >= 0.6 is 35.3 Å². The summed E-state index contributed by atoms with van der Waals surface area (Å²) >= 11 is 7.58. The first-order valence-electron chi connectivity index (χ1n) is 8.30. The molecule has 0 radical (unpaired) electrons. The number of anilines is 1. The number of carbonyl (C=O) groups is 1. The Hall–Kier alpha value is -1.21. The molecular formula is C17H20Cl2N4OS. The van der Waals surface area contributed by atoms with Crippen LogP contribution in [-0.2, 0) is 4.79 Å². The molecule has 2 heterocycles. The van der Waals surface area contributed by atoms with Crippen LogP contribution in [0.4, 0.5) is 5.13 Å². The smallest absolute Gasteiger partial charge is 0.234 e. The van der Waals surface area contributed by atoms with Crippen LogP contribution in [0.2, 0.25) is 5.02 Å². The minimum atomic E-state index is -0.283. The summed E-state index contributed by atoms with van der Waals surface area (Å²) in [4.78, 5) is 12.9. The number of hydrogen-bond donors (Lipinski definition) is 2. The molecule has 0 spiro atoms. The number of nitrogens with zero attached hydrogens (tertiary/aromatic N) is 2. The Morgan fingerprint density at radius 3 is 3.00 bits per heavy atom. The quantitative estimate of drug-likeness (QED) is 0.819. The van der Waals surface area contributed by atoms with Crippen LogP contribution in [0.1, 0.15) is 25.7 Å². The normalized spacial score (nSPS) is 25.1. The van der Waals surface area contributed by atoms with Crippen molar-refractivity contribution in [2.24, 2.45) is 11.3 Å². The van der Waals surface area contributed by atoms with Crippen molar-refractivity contribution < 1.29 is 4.79 Å². The van der Waals surface area contributed by atoms with E-state index in [0.29, 0.717) is 16.1 Å². The monoisotopic (exact) mass is 398 g/mol. The highest BCUT2D eigenvalue weighted by Crippen LogP contribution is 2.44. The number of halogens is 2. The Balaban J connectivity index is 0.00000182. The zero-order chi connectivity index (χ0) is 16.6. The van der Waals surface area contributed by atoms with E-state index in [2.05, 4.69) is 20.8 Å². The predicted molar refractivity (Wildman–Crippen MR) is 103 cm³/mol. The Morgan fingerprint density at radius 2 is 2.16 bits per heavy atom. The first-order valence-corrected chi connectivity index (χ1v) is 9.49. The van der Waals surface area contributed by atoms with Gasteiger partial charge in [-0.2, -0.15) is 0 Å². The van der Waals surface area contributed by atoms with Crippen LogP contribution in [-0.4, -0.2) is 29.2 Å². The van der Waals surface area contributed by atoms with Crippen LogP contribution in [0.5, 0.6) is 0 Å². The number of fused-ring (bicyclic) bond motifs is 1. The van der Waals surface area contributed by atoms with Crippen molar-refractivity contribution in [3.63, 3.8) is 0 Å². The summed E-state index contributed by atoms with van der Waals surface area (Å²) in [5.74, 6) is 0.515. The van der Waals surface area contributed by atoms with Gasteiger partial charge in [-0.1, -0.05) is 54.0 Å². The molecule has 25 heavy (non-hydrogen) atoms. The van der Waals surface area contributed by atoms with Crippen LogP contribution in [0, 0.1) is 11.3 Å². The average Bonchev–Trinajstić information content (AvgIpc) is 3.22. The second-order valence-corrected chi connectivity index (χ2v) is 7.96. The molecule has 2 aromatic rings. The van der Waals surface area contributed by atoms with Gasteiger partial charge in [0.15, 0.2) is 5.01 Å². The van der Waals surface area contributed by atoms with Gasteiger partial charge < -0.3 is 5.32 Å². The summed E-state index contributed by atoms with van der Waals surface area (Å²) in [5.41, 5.74) is 0.558. The van der Waals surface area contributed by atoms with Gasteiger partial charge >= 0.3 is 0 Å². The lowest BCUT2D eigenvalue weighted by Crippen LogP contribution is -2.44. The molecule has 2 atom stereocenters. The maximum Gasteiger partial charge on any atom is 0.234 e. The number of carbonyl (C=O) groups excluding carboxylic acids is 1. The molecule has 134 valence electrons. The highest BCUT2D eigenvalue weighted by Gasteiger charge is 2.50. The van der Waals surface area contributed by atoms with E-state index < -0.39 is 0 Å². The molecule has 0 unspecified atom stereocenters. The molecule has 1 aliphatic heterocycles. The third-order valence-electron chi connectivity index (χ3n) is 5.24. The summed E-state index contributed by atoms with van der Waals surface area (Å²) in [6, 6.07) is 7.53. The van der Waals surface area contributed by atoms with E-state index in [-0.39, 0.29) is 23.7 Å². The maximum atomic E-state index is 12.9. The minimum Gasteiger partial charge on any atom is -0.315 e. The van der Waals surface area contributed by atoms with E-state index in [1.54, 1.807) is 0 Å². The van der Waals surface area contributed by atoms with Crippen molar-refractivity contribution in [1.82, 2.24) is 15.5 Å². The van der Waals surface area contributed by atoms with Gasteiger partial charge in [-0.25, -0.2) is 0 Å². The fourth-order valence-electron chi connectivity index (χ4n) is 3.93. The van der Waals surface area contributed by atoms with Crippen molar-refractivity contribution in [1.29, 1.82) is 0 Å². The molecule has 1 aromatic heterocycles. The number of nitrogens with one attached hydrogen (secondary N) is 2. The summed E-state index contributed by atoms with van der Waals surface area (Å²) in [6.07, 6.45) is 4.41. The van der Waals surface area contributed by atoms with Crippen molar-refractivity contribution in [2.75, 3.05) is 18.4 Å². The van der Waals surface area contributed by atoms with Crippen LogP contribution in [0.15, 0.2) is 24.3 Å². The molecule has 1 aromatic carbocycles. The van der Waals surface area contributed by atoms with Crippen molar-refractivity contribution >= 4 is 46.4 Å². The van der Waals surface area contributed by atoms with Crippen molar-refractivity contribution in [3.8, 4) is 10.6 Å². The van der Waals surface area contributed by atoms with Gasteiger partial charge in [0.1, 0.15) is 0 Å². The maximum absolute atomic E-state index is 12.9. The Morgan fingerprint density at radius 1 is 1.32 bits per heavy atom. The fourth-order valence-corrected chi connectivity index (χ4v) is 4.99. The molecule has 5 nitrogen and oxygen atoms in total. The SMILES string of the molecule is Cl.O=C(Nc1nnc(-c2ccccc2Cl)s1)[C@@]12CCCC[C@H]1CNC2. The number of hydrogen-bond acceptors (Lipinski definition) is 5. The van der Waals surface area contributed by atoms with E-state index in [9.17, 15) is 4.79 Å². The van der Waals surface area contributed by atoms with E-state index in [1.807, 2.05) is 24.3 Å². The highest BCUT2D eigenvalue weighted by molar-refractivity contribution is 7.18. The Labute approximate surface area is 162 Å². The molecule has 1 aliphatic carbocycles. The van der Waals surface area contributed by atoms with Crippen molar-refractivity contribution in [2.45, 2.75) is 25.7 Å². The predicted octanol–water partition coefficient (Wildman–Crippen LogP) is 4.00. The molecule has 4 rings (SSSR count). The van der Waals surface area contributed by atoms with E-state index in [1.165, 1.54) is 17.8 Å². The van der Waals surface area contributed by atoms with Gasteiger partial charge in [-0.15, -0.1) is 22.6 Å². The lowest BCUT2D eigenvalue weighted by Gasteiger charge is -2.36. The largest absolute Gasteiger partial charge is 0.315 e. The minimum absolute atomic E-state index is 0. The zero-order valence-electron chi connectivity index (χ0n) is 13.6. The molecular weight excluding hydrogens is 379 g/mol. The highest BCUT2D eigenvalue weighted by atomic mass is 35.5. The van der Waals surface area contributed by atoms with Crippen molar-refractivity contribution in [3.05, 3.63) is 29.3 Å². The van der Waals surface area contributed by atoms with Gasteiger partial charge in [0.05, 0.1) is 10.4 Å². The second-order valence-electron chi connectivity index (χ2n) is 6.58. The third kappa shape index (κ3) is 3.40. The summed E-state index contributed by atoms with van der Waals surface area (Å²) in [7, 11) is 0. The summed E-state index contributed by atoms with van der Waals surface area (Å²) < 4.78 is 0. The third-order valence-corrected chi connectivity index (χ3v) is 6.44. The van der Waals surface area contributed by atoms with Gasteiger partial charge in [0.25, 0.3) is 0 Å².